The summed E-state index contributed by atoms with van der Waals surface area (Å²) < 4.78 is 1.16. The van der Waals surface area contributed by atoms with Crippen molar-refractivity contribution in [2.75, 3.05) is 25.0 Å². The summed E-state index contributed by atoms with van der Waals surface area (Å²) in [6.07, 6.45) is 0. The Morgan fingerprint density at radius 3 is 2.67 bits per heavy atom. The quantitative estimate of drug-likeness (QED) is 0.912. The van der Waals surface area contributed by atoms with Crippen molar-refractivity contribution in [3.05, 3.63) is 28.2 Å². The van der Waals surface area contributed by atoms with Crippen molar-refractivity contribution in [3.8, 4) is 0 Å². The fraction of sp³-hybridized carbons (Fsp3) is 0.500. The number of rotatable bonds is 4. The molecule has 0 bridgehead atoms. The van der Waals surface area contributed by atoms with E-state index in [0.717, 1.165) is 17.6 Å². The lowest BCUT2D eigenvalue weighted by molar-refractivity contribution is 0.590. The van der Waals surface area contributed by atoms with Crippen LogP contribution in [0.1, 0.15) is 12.5 Å². The van der Waals surface area contributed by atoms with Crippen molar-refractivity contribution in [2.45, 2.75) is 13.8 Å². The molecule has 3 heteroatoms. The summed E-state index contributed by atoms with van der Waals surface area (Å²) in [5, 5.41) is 0. The van der Waals surface area contributed by atoms with Crippen molar-refractivity contribution in [2.24, 2.45) is 11.7 Å². The van der Waals surface area contributed by atoms with E-state index < -0.39 is 0 Å². The number of hydrogen-bond donors (Lipinski definition) is 1. The first-order valence-electron chi connectivity index (χ1n) is 5.22. The van der Waals surface area contributed by atoms with Crippen LogP contribution in [0, 0.1) is 12.8 Å². The first-order valence-corrected chi connectivity index (χ1v) is 6.01. The SMILES string of the molecule is Cc1ccc(N(C)CC(C)CN)cc1Br. The second-order valence-electron chi connectivity index (χ2n) is 4.15. The van der Waals surface area contributed by atoms with Crippen LogP contribution in [0.25, 0.3) is 0 Å². The highest BCUT2D eigenvalue weighted by molar-refractivity contribution is 9.10. The van der Waals surface area contributed by atoms with Gasteiger partial charge in [-0.1, -0.05) is 28.9 Å². The molecule has 0 saturated carbocycles. The van der Waals surface area contributed by atoms with Gasteiger partial charge in [-0.3, -0.25) is 0 Å². The summed E-state index contributed by atoms with van der Waals surface area (Å²) >= 11 is 3.55. The van der Waals surface area contributed by atoms with Crippen molar-refractivity contribution in [1.82, 2.24) is 0 Å². The third-order valence-corrected chi connectivity index (χ3v) is 3.44. The van der Waals surface area contributed by atoms with E-state index in [0.29, 0.717) is 5.92 Å². The van der Waals surface area contributed by atoms with Crippen molar-refractivity contribution < 1.29 is 0 Å². The molecule has 0 radical (unpaired) electrons. The summed E-state index contributed by atoms with van der Waals surface area (Å²) in [5.41, 5.74) is 8.11. The first kappa shape index (κ1) is 12.5. The Morgan fingerprint density at radius 2 is 2.13 bits per heavy atom. The van der Waals surface area contributed by atoms with E-state index in [1.54, 1.807) is 0 Å². The average Bonchev–Trinajstić information content (AvgIpc) is 2.21. The van der Waals surface area contributed by atoms with Gasteiger partial charge in [-0.05, 0) is 37.1 Å². The largest absolute Gasteiger partial charge is 0.374 e. The Morgan fingerprint density at radius 1 is 1.47 bits per heavy atom. The predicted molar refractivity (Wildman–Crippen MR) is 70.4 cm³/mol. The minimum atomic E-state index is 0.523. The highest BCUT2D eigenvalue weighted by Gasteiger charge is 2.06. The van der Waals surface area contributed by atoms with Gasteiger partial charge in [-0.25, -0.2) is 0 Å². The van der Waals surface area contributed by atoms with Gasteiger partial charge in [-0.2, -0.15) is 0 Å². The molecular weight excluding hydrogens is 252 g/mol. The molecule has 1 aromatic rings. The predicted octanol–water partition coefficient (Wildman–Crippen LogP) is 2.79. The van der Waals surface area contributed by atoms with Crippen LogP contribution < -0.4 is 10.6 Å². The Labute approximate surface area is 101 Å². The average molecular weight is 271 g/mol. The molecule has 84 valence electrons. The fourth-order valence-corrected chi connectivity index (χ4v) is 1.83. The number of nitrogens with two attached hydrogens (primary N) is 1. The molecule has 0 aliphatic heterocycles. The zero-order chi connectivity index (χ0) is 11.4. The Hall–Kier alpha value is -0.540. The molecule has 0 spiro atoms. The monoisotopic (exact) mass is 270 g/mol. The molecule has 15 heavy (non-hydrogen) atoms. The van der Waals surface area contributed by atoms with Gasteiger partial charge in [0.15, 0.2) is 0 Å². The lowest BCUT2D eigenvalue weighted by Gasteiger charge is -2.23. The molecule has 0 heterocycles. The maximum Gasteiger partial charge on any atom is 0.0375 e. The topological polar surface area (TPSA) is 29.3 Å². The first-order chi connectivity index (χ1) is 7.04. The third-order valence-electron chi connectivity index (χ3n) is 2.58. The van der Waals surface area contributed by atoms with Crippen LogP contribution in [0.2, 0.25) is 0 Å². The number of hydrogen-bond acceptors (Lipinski definition) is 2. The molecule has 2 N–H and O–H groups in total. The highest BCUT2D eigenvalue weighted by atomic mass is 79.9. The highest BCUT2D eigenvalue weighted by Crippen LogP contribution is 2.23. The van der Waals surface area contributed by atoms with Gasteiger partial charge in [-0.15, -0.1) is 0 Å². The lowest BCUT2D eigenvalue weighted by Crippen LogP contribution is -2.28. The van der Waals surface area contributed by atoms with Crippen LogP contribution in [0.3, 0.4) is 0 Å². The summed E-state index contributed by atoms with van der Waals surface area (Å²) in [7, 11) is 2.10. The number of nitrogens with zero attached hydrogens (tertiary/aromatic N) is 1. The van der Waals surface area contributed by atoms with Crippen LogP contribution in [0.4, 0.5) is 5.69 Å². The molecule has 1 aromatic carbocycles. The fourth-order valence-electron chi connectivity index (χ4n) is 1.47. The van der Waals surface area contributed by atoms with Crippen molar-refractivity contribution >= 4 is 21.6 Å². The molecule has 0 aromatic heterocycles. The number of halogens is 1. The van der Waals surface area contributed by atoms with E-state index in [2.05, 4.69) is 59.9 Å². The summed E-state index contributed by atoms with van der Waals surface area (Å²) in [4.78, 5) is 2.24. The molecule has 0 fully saturated rings. The molecule has 0 aliphatic rings. The van der Waals surface area contributed by atoms with E-state index in [-0.39, 0.29) is 0 Å². The van der Waals surface area contributed by atoms with E-state index in [9.17, 15) is 0 Å². The molecule has 2 nitrogen and oxygen atoms in total. The summed E-state index contributed by atoms with van der Waals surface area (Å²) in [6.45, 7) is 5.99. The smallest absolute Gasteiger partial charge is 0.0375 e. The van der Waals surface area contributed by atoms with Gasteiger partial charge < -0.3 is 10.6 Å². The second kappa shape index (κ2) is 5.52. The molecule has 1 rings (SSSR count). The number of anilines is 1. The van der Waals surface area contributed by atoms with E-state index in [4.69, 9.17) is 5.73 Å². The van der Waals surface area contributed by atoms with Crippen LogP contribution in [0.5, 0.6) is 0 Å². The molecule has 1 unspecified atom stereocenters. The number of aryl methyl sites for hydroxylation is 1. The van der Waals surface area contributed by atoms with Gasteiger partial charge in [0.25, 0.3) is 0 Å². The Kier molecular flexibility index (Phi) is 4.61. The zero-order valence-corrected chi connectivity index (χ0v) is 11.2. The molecule has 0 amide bonds. The van der Waals surface area contributed by atoms with E-state index in [1.165, 1.54) is 11.3 Å². The summed E-state index contributed by atoms with van der Waals surface area (Å²) in [6, 6.07) is 6.42. The molecular formula is C12H19BrN2. The van der Waals surface area contributed by atoms with Crippen LogP contribution >= 0.6 is 15.9 Å². The lowest BCUT2D eigenvalue weighted by atomic mass is 10.1. The second-order valence-corrected chi connectivity index (χ2v) is 5.01. The van der Waals surface area contributed by atoms with Crippen molar-refractivity contribution in [1.29, 1.82) is 0 Å². The summed E-state index contributed by atoms with van der Waals surface area (Å²) in [5.74, 6) is 0.523. The van der Waals surface area contributed by atoms with Gasteiger partial charge in [0.2, 0.25) is 0 Å². The van der Waals surface area contributed by atoms with Gasteiger partial charge in [0.05, 0.1) is 0 Å². The van der Waals surface area contributed by atoms with Gasteiger partial charge >= 0.3 is 0 Å². The van der Waals surface area contributed by atoms with Crippen molar-refractivity contribution in [3.63, 3.8) is 0 Å². The van der Waals surface area contributed by atoms with Crippen LogP contribution in [0.15, 0.2) is 22.7 Å². The maximum atomic E-state index is 5.62. The Bertz CT molecular complexity index is 325. The normalized spacial score (nSPS) is 12.6. The maximum absolute atomic E-state index is 5.62. The number of benzene rings is 1. The minimum absolute atomic E-state index is 0.523. The third kappa shape index (κ3) is 3.50. The van der Waals surface area contributed by atoms with Crippen LogP contribution in [-0.4, -0.2) is 20.1 Å². The molecule has 1 atom stereocenters. The van der Waals surface area contributed by atoms with E-state index in [1.807, 2.05) is 0 Å². The zero-order valence-electron chi connectivity index (χ0n) is 9.63. The van der Waals surface area contributed by atoms with Crippen LogP contribution in [-0.2, 0) is 0 Å². The Balaban J connectivity index is 2.73. The molecule has 0 aliphatic carbocycles. The minimum Gasteiger partial charge on any atom is -0.374 e. The van der Waals surface area contributed by atoms with Gasteiger partial charge in [0, 0.05) is 23.8 Å². The van der Waals surface area contributed by atoms with E-state index >= 15 is 0 Å². The van der Waals surface area contributed by atoms with Gasteiger partial charge in [0.1, 0.15) is 0 Å². The standard InChI is InChI=1S/C12H19BrN2/c1-9(7-14)8-15(3)11-5-4-10(2)12(13)6-11/h4-6,9H,7-8,14H2,1-3H3. The molecule has 0 saturated heterocycles.